The first-order chi connectivity index (χ1) is 8.16. The van der Waals surface area contributed by atoms with E-state index in [0.717, 1.165) is 10.2 Å². The van der Waals surface area contributed by atoms with Gasteiger partial charge in [-0.3, -0.25) is 4.79 Å². The molecule has 1 aliphatic rings. The Labute approximate surface area is 121 Å². The normalized spacial score (nSPS) is 23.0. The van der Waals surface area contributed by atoms with E-state index in [1.54, 1.807) is 0 Å². The van der Waals surface area contributed by atoms with Gasteiger partial charge in [-0.05, 0) is 31.2 Å². The molecule has 1 heterocycles. The van der Waals surface area contributed by atoms with E-state index in [1.165, 1.54) is 0 Å². The lowest BCUT2D eigenvalue weighted by Gasteiger charge is -2.29. The summed E-state index contributed by atoms with van der Waals surface area (Å²) in [4.78, 5) is 12.0. The van der Waals surface area contributed by atoms with E-state index < -0.39 is 0 Å². The van der Waals surface area contributed by atoms with Crippen LogP contribution in [0.15, 0.2) is 28.7 Å². The zero-order valence-electron chi connectivity index (χ0n) is 9.98. The van der Waals surface area contributed by atoms with Crippen LogP contribution in [0, 0.1) is 0 Å². The van der Waals surface area contributed by atoms with E-state index in [9.17, 15) is 4.79 Å². The van der Waals surface area contributed by atoms with Gasteiger partial charge in [-0.1, -0.05) is 15.9 Å². The Balaban J connectivity index is 0.00000162. The van der Waals surface area contributed by atoms with Gasteiger partial charge in [0.25, 0.3) is 0 Å². The quantitative estimate of drug-likeness (QED) is 0.871. The maximum atomic E-state index is 12.0. The van der Waals surface area contributed by atoms with E-state index in [0.29, 0.717) is 13.2 Å². The standard InChI is InChI=1S/C12H15BrN2O2.ClH/c1-8-11(14-6-7-17-8)12(16)15-10-4-2-9(13)3-5-10;/h2-5,8,11,14H,6-7H2,1H3,(H,15,16);1H/t8-,11+;/m1./s1. The number of anilines is 1. The van der Waals surface area contributed by atoms with Crippen molar-refractivity contribution in [1.82, 2.24) is 5.32 Å². The number of carbonyl (C=O) groups excluding carboxylic acids is 1. The molecule has 18 heavy (non-hydrogen) atoms. The zero-order chi connectivity index (χ0) is 12.3. The summed E-state index contributed by atoms with van der Waals surface area (Å²) in [5.74, 6) is -0.0560. The van der Waals surface area contributed by atoms with E-state index >= 15 is 0 Å². The SMILES string of the molecule is C[C@H]1OCCN[C@@H]1C(=O)Nc1ccc(Br)cc1.Cl. The third-order valence-corrected chi connectivity index (χ3v) is 3.24. The molecule has 1 aromatic carbocycles. The van der Waals surface area contributed by atoms with Crippen LogP contribution in [-0.2, 0) is 9.53 Å². The highest BCUT2D eigenvalue weighted by Gasteiger charge is 2.28. The number of halogens is 2. The predicted octanol–water partition coefficient (Wildman–Crippen LogP) is 2.19. The van der Waals surface area contributed by atoms with Crippen LogP contribution in [0.4, 0.5) is 5.69 Å². The van der Waals surface area contributed by atoms with Crippen LogP contribution in [0.25, 0.3) is 0 Å². The molecular formula is C12H16BrClN2O2. The Morgan fingerprint density at radius 3 is 2.72 bits per heavy atom. The molecule has 100 valence electrons. The second kappa shape index (κ2) is 7.09. The molecule has 4 nitrogen and oxygen atoms in total. The maximum Gasteiger partial charge on any atom is 0.244 e. The molecule has 1 fully saturated rings. The average molecular weight is 336 g/mol. The Hall–Kier alpha value is -0.620. The summed E-state index contributed by atoms with van der Waals surface area (Å²) in [5, 5.41) is 6.02. The molecule has 2 N–H and O–H groups in total. The minimum absolute atomic E-state index is 0. The van der Waals surface area contributed by atoms with Gasteiger partial charge in [-0.15, -0.1) is 12.4 Å². The van der Waals surface area contributed by atoms with Crippen LogP contribution in [0.3, 0.4) is 0 Å². The van der Waals surface area contributed by atoms with Gasteiger partial charge in [-0.2, -0.15) is 0 Å². The van der Waals surface area contributed by atoms with Crippen LogP contribution >= 0.6 is 28.3 Å². The number of carbonyl (C=O) groups is 1. The monoisotopic (exact) mass is 334 g/mol. The fourth-order valence-corrected chi connectivity index (χ4v) is 2.04. The smallest absolute Gasteiger partial charge is 0.244 e. The van der Waals surface area contributed by atoms with Crippen molar-refractivity contribution in [2.45, 2.75) is 19.1 Å². The number of hydrogen-bond donors (Lipinski definition) is 2. The van der Waals surface area contributed by atoms with Gasteiger partial charge in [0, 0.05) is 16.7 Å². The predicted molar refractivity (Wildman–Crippen MR) is 77.2 cm³/mol. The third kappa shape index (κ3) is 3.95. The first-order valence-electron chi connectivity index (χ1n) is 5.58. The molecule has 0 saturated carbocycles. The summed E-state index contributed by atoms with van der Waals surface area (Å²) < 4.78 is 6.43. The summed E-state index contributed by atoms with van der Waals surface area (Å²) >= 11 is 3.35. The van der Waals surface area contributed by atoms with Crippen molar-refractivity contribution >= 4 is 39.9 Å². The molecule has 6 heteroatoms. The Kier molecular flexibility index (Phi) is 6.08. The van der Waals surface area contributed by atoms with Gasteiger partial charge < -0.3 is 15.4 Å². The van der Waals surface area contributed by atoms with E-state index in [1.807, 2.05) is 31.2 Å². The fourth-order valence-electron chi connectivity index (χ4n) is 1.78. The second-order valence-corrected chi connectivity index (χ2v) is 4.92. The van der Waals surface area contributed by atoms with Crippen molar-refractivity contribution in [2.24, 2.45) is 0 Å². The van der Waals surface area contributed by atoms with Crippen LogP contribution in [0.2, 0.25) is 0 Å². The topological polar surface area (TPSA) is 50.4 Å². The molecular weight excluding hydrogens is 320 g/mol. The molecule has 0 radical (unpaired) electrons. The van der Waals surface area contributed by atoms with Gasteiger partial charge in [0.15, 0.2) is 0 Å². The molecule has 2 atom stereocenters. The maximum absolute atomic E-state index is 12.0. The van der Waals surface area contributed by atoms with Gasteiger partial charge in [0.2, 0.25) is 5.91 Å². The lowest BCUT2D eigenvalue weighted by molar-refractivity contribution is -0.123. The fraction of sp³-hybridized carbons (Fsp3) is 0.417. The molecule has 1 aliphatic heterocycles. The molecule has 0 unspecified atom stereocenters. The molecule has 1 saturated heterocycles. The highest BCUT2D eigenvalue weighted by molar-refractivity contribution is 9.10. The summed E-state index contributed by atoms with van der Waals surface area (Å²) in [5.41, 5.74) is 0.790. The number of rotatable bonds is 2. The largest absolute Gasteiger partial charge is 0.375 e. The number of benzene rings is 1. The molecule has 0 aliphatic carbocycles. The van der Waals surface area contributed by atoms with Crippen molar-refractivity contribution in [3.8, 4) is 0 Å². The highest BCUT2D eigenvalue weighted by atomic mass is 79.9. The van der Waals surface area contributed by atoms with Crippen molar-refractivity contribution in [3.05, 3.63) is 28.7 Å². The third-order valence-electron chi connectivity index (χ3n) is 2.71. The summed E-state index contributed by atoms with van der Waals surface area (Å²) in [7, 11) is 0. The molecule has 1 amide bonds. The highest BCUT2D eigenvalue weighted by Crippen LogP contribution is 2.15. The Bertz CT molecular complexity index is 400. The number of morpholine rings is 1. The van der Waals surface area contributed by atoms with Crippen LogP contribution < -0.4 is 10.6 Å². The average Bonchev–Trinajstić information content (AvgIpc) is 2.32. The van der Waals surface area contributed by atoms with Gasteiger partial charge in [0.1, 0.15) is 6.04 Å². The van der Waals surface area contributed by atoms with Gasteiger partial charge in [-0.25, -0.2) is 0 Å². The number of ether oxygens (including phenoxy) is 1. The number of amides is 1. The van der Waals surface area contributed by atoms with Crippen LogP contribution in [-0.4, -0.2) is 31.2 Å². The summed E-state index contributed by atoms with van der Waals surface area (Å²) in [6.07, 6.45) is -0.0980. The first kappa shape index (κ1) is 15.4. The molecule has 0 aromatic heterocycles. The molecule has 0 bridgehead atoms. The van der Waals surface area contributed by atoms with Crippen molar-refractivity contribution in [1.29, 1.82) is 0 Å². The molecule has 0 spiro atoms. The molecule has 2 rings (SSSR count). The second-order valence-electron chi connectivity index (χ2n) is 4.00. The Morgan fingerprint density at radius 2 is 2.11 bits per heavy atom. The zero-order valence-corrected chi connectivity index (χ0v) is 12.4. The van der Waals surface area contributed by atoms with Crippen molar-refractivity contribution in [3.63, 3.8) is 0 Å². The first-order valence-corrected chi connectivity index (χ1v) is 6.37. The summed E-state index contributed by atoms with van der Waals surface area (Å²) in [6, 6.07) is 7.22. The van der Waals surface area contributed by atoms with Gasteiger partial charge in [0.05, 0.1) is 12.7 Å². The van der Waals surface area contributed by atoms with Crippen molar-refractivity contribution in [2.75, 3.05) is 18.5 Å². The van der Waals surface area contributed by atoms with Crippen LogP contribution in [0.5, 0.6) is 0 Å². The van der Waals surface area contributed by atoms with Crippen molar-refractivity contribution < 1.29 is 9.53 Å². The lowest BCUT2D eigenvalue weighted by atomic mass is 10.1. The number of nitrogens with one attached hydrogen (secondary N) is 2. The number of hydrogen-bond acceptors (Lipinski definition) is 3. The van der Waals surface area contributed by atoms with E-state index in [2.05, 4.69) is 26.6 Å². The van der Waals surface area contributed by atoms with E-state index in [4.69, 9.17) is 4.74 Å². The van der Waals surface area contributed by atoms with Crippen LogP contribution in [0.1, 0.15) is 6.92 Å². The van der Waals surface area contributed by atoms with Gasteiger partial charge >= 0.3 is 0 Å². The Morgan fingerprint density at radius 1 is 1.44 bits per heavy atom. The lowest BCUT2D eigenvalue weighted by Crippen LogP contribution is -2.53. The van der Waals surface area contributed by atoms with E-state index in [-0.39, 0.29) is 30.5 Å². The minimum atomic E-state index is -0.285. The summed E-state index contributed by atoms with van der Waals surface area (Å²) in [6.45, 7) is 3.27. The molecule has 1 aromatic rings. The minimum Gasteiger partial charge on any atom is -0.375 e.